The van der Waals surface area contributed by atoms with Gasteiger partial charge in [0.2, 0.25) is 5.91 Å². The molecular formula is C21H31N3O. The van der Waals surface area contributed by atoms with E-state index in [0.717, 1.165) is 38.9 Å². The summed E-state index contributed by atoms with van der Waals surface area (Å²) < 4.78 is 0. The van der Waals surface area contributed by atoms with Gasteiger partial charge in [0.25, 0.3) is 0 Å². The molecule has 2 heterocycles. The zero-order valence-corrected chi connectivity index (χ0v) is 15.2. The summed E-state index contributed by atoms with van der Waals surface area (Å²) in [6.07, 6.45) is 7.42. The van der Waals surface area contributed by atoms with Crippen LogP contribution in [0.2, 0.25) is 0 Å². The molecule has 4 heteroatoms. The second-order valence-corrected chi connectivity index (χ2v) is 8.19. The van der Waals surface area contributed by atoms with E-state index in [1.54, 1.807) is 0 Å². The molecule has 4 rings (SSSR count). The van der Waals surface area contributed by atoms with Crippen LogP contribution in [0.1, 0.15) is 49.7 Å². The van der Waals surface area contributed by atoms with Crippen LogP contribution in [0.25, 0.3) is 0 Å². The number of amides is 1. The first-order valence-electron chi connectivity index (χ1n) is 10.0. The Hall–Kier alpha value is -1.39. The maximum atomic E-state index is 12.6. The average Bonchev–Trinajstić information content (AvgIpc) is 3.35. The average molecular weight is 341 g/mol. The molecule has 0 aromatic heterocycles. The topological polar surface area (TPSA) is 44.4 Å². The Morgan fingerprint density at radius 3 is 2.60 bits per heavy atom. The third-order valence-electron chi connectivity index (χ3n) is 6.52. The summed E-state index contributed by atoms with van der Waals surface area (Å²) in [7, 11) is 0. The van der Waals surface area contributed by atoms with Crippen LogP contribution in [0.4, 0.5) is 0 Å². The molecule has 1 aliphatic carbocycles. The molecule has 2 saturated heterocycles. The van der Waals surface area contributed by atoms with E-state index in [-0.39, 0.29) is 11.8 Å². The second kappa shape index (κ2) is 7.46. The molecule has 3 aliphatic rings. The Bertz CT molecular complexity index is 603. The predicted molar refractivity (Wildman–Crippen MR) is 100 cm³/mol. The second-order valence-electron chi connectivity index (χ2n) is 8.19. The first kappa shape index (κ1) is 17.0. The van der Waals surface area contributed by atoms with Gasteiger partial charge < -0.3 is 10.6 Å². The van der Waals surface area contributed by atoms with Crippen LogP contribution >= 0.6 is 0 Å². The quantitative estimate of drug-likeness (QED) is 0.865. The Morgan fingerprint density at radius 1 is 1.12 bits per heavy atom. The minimum atomic E-state index is 0.254. The lowest BCUT2D eigenvalue weighted by atomic mass is 9.92. The number of hydrogen-bond donors (Lipinski definition) is 2. The first-order valence-corrected chi connectivity index (χ1v) is 10.0. The maximum Gasteiger partial charge on any atom is 0.223 e. The molecule has 25 heavy (non-hydrogen) atoms. The van der Waals surface area contributed by atoms with Crippen LogP contribution in [-0.4, -0.2) is 37.0 Å². The highest BCUT2D eigenvalue weighted by Gasteiger charge is 2.57. The number of nitrogens with one attached hydrogen (secondary N) is 2. The molecule has 1 aromatic rings. The molecular weight excluding hydrogens is 310 g/mol. The van der Waals surface area contributed by atoms with Gasteiger partial charge in [-0.15, -0.1) is 0 Å². The summed E-state index contributed by atoms with van der Waals surface area (Å²) in [5.74, 6) is 0.526. The summed E-state index contributed by atoms with van der Waals surface area (Å²) in [6, 6.07) is 8.61. The van der Waals surface area contributed by atoms with E-state index in [1.807, 2.05) is 0 Å². The summed E-state index contributed by atoms with van der Waals surface area (Å²) in [6.45, 7) is 6.25. The van der Waals surface area contributed by atoms with Gasteiger partial charge in [-0.25, -0.2) is 0 Å². The van der Waals surface area contributed by atoms with E-state index >= 15 is 0 Å². The molecule has 136 valence electrons. The number of nitrogens with zero attached hydrogens (tertiary/aromatic N) is 1. The Balaban J connectivity index is 1.32. The molecule has 1 unspecified atom stereocenters. The molecule has 4 nitrogen and oxygen atoms in total. The number of rotatable bonds is 5. The molecule has 0 radical (unpaired) electrons. The van der Waals surface area contributed by atoms with E-state index in [4.69, 9.17) is 0 Å². The van der Waals surface area contributed by atoms with Crippen LogP contribution in [0.3, 0.4) is 0 Å². The SMILES string of the molecule is O=C(NCc1ccccc1CN1CCCCC1)C1CC12CCNCC2. The summed E-state index contributed by atoms with van der Waals surface area (Å²) >= 11 is 0. The van der Waals surface area contributed by atoms with Gasteiger partial charge in [-0.3, -0.25) is 9.69 Å². The van der Waals surface area contributed by atoms with Crippen molar-refractivity contribution < 1.29 is 4.79 Å². The van der Waals surface area contributed by atoms with Crippen molar-refractivity contribution in [2.24, 2.45) is 11.3 Å². The van der Waals surface area contributed by atoms with Gasteiger partial charge in [-0.05, 0) is 74.8 Å². The Labute approximate surface area is 151 Å². The van der Waals surface area contributed by atoms with Crippen LogP contribution < -0.4 is 10.6 Å². The highest BCUT2D eigenvalue weighted by molar-refractivity contribution is 5.82. The van der Waals surface area contributed by atoms with E-state index < -0.39 is 0 Å². The fourth-order valence-corrected chi connectivity index (χ4v) is 4.74. The van der Waals surface area contributed by atoms with Crippen LogP contribution in [0.15, 0.2) is 24.3 Å². The minimum Gasteiger partial charge on any atom is -0.352 e. The van der Waals surface area contributed by atoms with Gasteiger partial charge in [-0.1, -0.05) is 30.7 Å². The molecule has 2 N–H and O–H groups in total. The Kier molecular flexibility index (Phi) is 5.09. The predicted octanol–water partition coefficient (Wildman–Crippen LogP) is 2.68. The van der Waals surface area contributed by atoms with Crippen molar-refractivity contribution in [2.75, 3.05) is 26.2 Å². The van der Waals surface area contributed by atoms with Crippen molar-refractivity contribution >= 4 is 5.91 Å². The number of piperidine rings is 2. The van der Waals surface area contributed by atoms with Gasteiger partial charge >= 0.3 is 0 Å². The largest absolute Gasteiger partial charge is 0.352 e. The van der Waals surface area contributed by atoms with Crippen molar-refractivity contribution in [1.29, 1.82) is 0 Å². The molecule has 1 aromatic carbocycles. The van der Waals surface area contributed by atoms with Gasteiger partial charge in [0.1, 0.15) is 0 Å². The van der Waals surface area contributed by atoms with Crippen molar-refractivity contribution in [3.63, 3.8) is 0 Å². The Morgan fingerprint density at radius 2 is 1.84 bits per heavy atom. The lowest BCUT2D eigenvalue weighted by molar-refractivity contribution is -0.123. The first-order chi connectivity index (χ1) is 12.3. The van der Waals surface area contributed by atoms with Crippen molar-refractivity contribution in [3.05, 3.63) is 35.4 Å². The number of carbonyl (C=O) groups excluding carboxylic acids is 1. The van der Waals surface area contributed by atoms with Gasteiger partial charge in [0.05, 0.1) is 0 Å². The molecule has 2 aliphatic heterocycles. The lowest BCUT2D eigenvalue weighted by Gasteiger charge is -2.27. The lowest BCUT2D eigenvalue weighted by Crippen LogP contribution is -2.34. The molecule has 1 atom stereocenters. The maximum absolute atomic E-state index is 12.6. The third-order valence-corrected chi connectivity index (χ3v) is 6.52. The number of hydrogen-bond acceptors (Lipinski definition) is 3. The summed E-state index contributed by atoms with van der Waals surface area (Å²) in [5.41, 5.74) is 2.97. The zero-order valence-electron chi connectivity index (χ0n) is 15.2. The van der Waals surface area contributed by atoms with Crippen LogP contribution in [0.5, 0.6) is 0 Å². The van der Waals surface area contributed by atoms with E-state index in [2.05, 4.69) is 39.8 Å². The monoisotopic (exact) mass is 341 g/mol. The number of carbonyl (C=O) groups is 1. The molecule has 0 bridgehead atoms. The highest BCUT2D eigenvalue weighted by Crippen LogP contribution is 2.58. The van der Waals surface area contributed by atoms with Crippen LogP contribution in [0, 0.1) is 11.3 Å². The molecule has 1 spiro atoms. The van der Waals surface area contributed by atoms with Crippen LogP contribution in [-0.2, 0) is 17.9 Å². The standard InChI is InChI=1S/C21H31N3O/c25-20(19-14-21(19)8-10-22-11-9-21)23-15-17-6-2-3-7-18(17)16-24-12-4-1-5-13-24/h2-3,6-7,19,22H,1,4-5,8-16H2,(H,23,25). The van der Waals surface area contributed by atoms with E-state index in [1.165, 1.54) is 43.5 Å². The van der Waals surface area contributed by atoms with Gasteiger partial charge in [-0.2, -0.15) is 0 Å². The van der Waals surface area contributed by atoms with E-state index in [0.29, 0.717) is 12.0 Å². The minimum absolute atomic E-state index is 0.254. The normalized spacial score (nSPS) is 25.7. The molecule has 1 amide bonds. The fraction of sp³-hybridized carbons (Fsp3) is 0.667. The smallest absolute Gasteiger partial charge is 0.223 e. The summed E-state index contributed by atoms with van der Waals surface area (Å²) in [4.78, 5) is 15.2. The van der Waals surface area contributed by atoms with E-state index in [9.17, 15) is 4.79 Å². The van der Waals surface area contributed by atoms with Gasteiger partial charge in [0.15, 0.2) is 0 Å². The van der Waals surface area contributed by atoms with Crippen molar-refractivity contribution in [1.82, 2.24) is 15.5 Å². The fourth-order valence-electron chi connectivity index (χ4n) is 4.74. The van der Waals surface area contributed by atoms with Gasteiger partial charge in [0, 0.05) is 19.0 Å². The van der Waals surface area contributed by atoms with Crippen molar-refractivity contribution in [3.8, 4) is 0 Å². The molecule has 1 saturated carbocycles. The number of benzene rings is 1. The highest BCUT2D eigenvalue weighted by atomic mass is 16.2. The molecule has 3 fully saturated rings. The summed E-state index contributed by atoms with van der Waals surface area (Å²) in [5, 5.41) is 6.64. The number of likely N-dealkylation sites (tertiary alicyclic amines) is 1. The zero-order chi connectivity index (χ0) is 17.1. The third kappa shape index (κ3) is 3.90. The van der Waals surface area contributed by atoms with Crippen molar-refractivity contribution in [2.45, 2.75) is 51.6 Å².